The molecule has 4 atom stereocenters. The van der Waals surface area contributed by atoms with Gasteiger partial charge in [-0.15, -0.1) is 0 Å². The summed E-state index contributed by atoms with van der Waals surface area (Å²) in [5.74, 6) is -2.62. The van der Waals surface area contributed by atoms with Crippen molar-refractivity contribution in [2.75, 3.05) is 13.1 Å². The van der Waals surface area contributed by atoms with Crippen molar-refractivity contribution in [1.29, 1.82) is 0 Å². The van der Waals surface area contributed by atoms with Crippen LogP contribution in [0.1, 0.15) is 64.6 Å². The van der Waals surface area contributed by atoms with Gasteiger partial charge in [0.05, 0.1) is 6.54 Å². The lowest BCUT2D eigenvalue weighted by atomic mass is 9.72. The second-order valence-electron chi connectivity index (χ2n) is 12.2. The Morgan fingerprint density at radius 3 is 2.63 bits per heavy atom. The molecule has 2 fully saturated rings. The standard InChI is InChI=1S/C34H37F2N5O5/c1-20(42)37-13-12-22-8-5-9-24-16-38-28-18-40-17-26(33(44)39-15-23-10-11-25(35)14-27(23)36)31(43)32(30(40)34(45)41(28)29(22)24)46-19-21-6-3-2-4-7-21/h2-4,6-7,10-11,14,17,22,24,28-29,38H,5,8-9,12-13,15-16,18-19H2,1H3,(H,37,42)(H,39,44). The maximum atomic E-state index is 14.5. The van der Waals surface area contributed by atoms with Gasteiger partial charge in [0.25, 0.3) is 11.8 Å². The molecule has 1 aliphatic carbocycles. The van der Waals surface area contributed by atoms with E-state index in [0.717, 1.165) is 49.9 Å². The first kappa shape index (κ1) is 31.4. The van der Waals surface area contributed by atoms with E-state index in [-0.39, 0.29) is 78.1 Å². The number of pyridine rings is 1. The molecule has 0 bridgehead atoms. The van der Waals surface area contributed by atoms with Gasteiger partial charge < -0.3 is 24.8 Å². The minimum Gasteiger partial charge on any atom is -0.483 e. The molecule has 3 aromatic rings. The lowest BCUT2D eigenvalue weighted by Gasteiger charge is -2.54. The van der Waals surface area contributed by atoms with Crippen molar-refractivity contribution in [2.45, 2.75) is 64.5 Å². The zero-order valence-electron chi connectivity index (χ0n) is 25.6. The molecule has 12 heteroatoms. The molecule has 3 amide bonds. The van der Waals surface area contributed by atoms with Crippen LogP contribution in [0.3, 0.4) is 0 Å². The molecule has 46 heavy (non-hydrogen) atoms. The molecular weight excluding hydrogens is 596 g/mol. The molecule has 6 rings (SSSR count). The van der Waals surface area contributed by atoms with E-state index in [1.807, 2.05) is 35.2 Å². The number of hydrogen-bond acceptors (Lipinski definition) is 6. The summed E-state index contributed by atoms with van der Waals surface area (Å²) in [6.45, 7) is 2.73. The van der Waals surface area contributed by atoms with Crippen molar-refractivity contribution in [2.24, 2.45) is 11.8 Å². The summed E-state index contributed by atoms with van der Waals surface area (Å²) in [6.07, 6.45) is 4.63. The predicted octanol–water partition coefficient (Wildman–Crippen LogP) is 3.33. The molecule has 2 aromatic carbocycles. The Kier molecular flexibility index (Phi) is 9.16. The average molecular weight is 634 g/mol. The Hall–Kier alpha value is -4.58. The van der Waals surface area contributed by atoms with Crippen molar-refractivity contribution in [3.05, 3.63) is 99.0 Å². The highest BCUT2D eigenvalue weighted by Crippen LogP contribution is 2.40. The summed E-state index contributed by atoms with van der Waals surface area (Å²) in [7, 11) is 0. The van der Waals surface area contributed by atoms with Crippen LogP contribution in [0.15, 0.2) is 59.5 Å². The molecule has 1 saturated carbocycles. The van der Waals surface area contributed by atoms with E-state index in [1.54, 1.807) is 4.57 Å². The number of rotatable bonds is 9. The Bertz CT molecular complexity index is 1700. The fraction of sp³-hybridized carbons (Fsp3) is 0.412. The highest BCUT2D eigenvalue weighted by atomic mass is 19.1. The molecule has 0 radical (unpaired) electrons. The lowest BCUT2D eigenvalue weighted by Crippen LogP contribution is -2.68. The van der Waals surface area contributed by atoms with Crippen LogP contribution in [0.25, 0.3) is 0 Å². The zero-order chi connectivity index (χ0) is 32.4. The number of nitrogens with one attached hydrogen (secondary N) is 3. The smallest absolute Gasteiger partial charge is 0.276 e. The van der Waals surface area contributed by atoms with E-state index >= 15 is 0 Å². The van der Waals surface area contributed by atoms with E-state index in [4.69, 9.17) is 4.74 Å². The third kappa shape index (κ3) is 6.39. The van der Waals surface area contributed by atoms with Crippen molar-refractivity contribution < 1.29 is 27.9 Å². The number of carbonyl (C=O) groups excluding carboxylic acids is 3. The van der Waals surface area contributed by atoms with E-state index in [0.29, 0.717) is 6.54 Å². The van der Waals surface area contributed by atoms with Crippen molar-refractivity contribution in [3.8, 4) is 5.75 Å². The Labute approximate surface area is 265 Å². The lowest BCUT2D eigenvalue weighted by molar-refractivity contribution is -0.119. The molecule has 3 N–H and O–H groups in total. The van der Waals surface area contributed by atoms with Gasteiger partial charge in [-0.1, -0.05) is 42.8 Å². The number of nitrogens with zero attached hydrogens (tertiary/aromatic N) is 2. The quantitative estimate of drug-likeness (QED) is 0.333. The third-order valence-electron chi connectivity index (χ3n) is 9.25. The highest BCUT2D eigenvalue weighted by Gasteiger charge is 2.49. The van der Waals surface area contributed by atoms with Crippen LogP contribution in [0.4, 0.5) is 8.78 Å². The molecule has 10 nitrogen and oxygen atoms in total. The summed E-state index contributed by atoms with van der Waals surface area (Å²) in [5.41, 5.74) is -0.102. The first-order valence-corrected chi connectivity index (χ1v) is 15.7. The Balaban J connectivity index is 1.34. The minimum atomic E-state index is -0.820. The molecule has 3 aliphatic rings. The second kappa shape index (κ2) is 13.4. The van der Waals surface area contributed by atoms with E-state index in [9.17, 15) is 28.0 Å². The van der Waals surface area contributed by atoms with Gasteiger partial charge in [0.1, 0.15) is 30.0 Å². The van der Waals surface area contributed by atoms with Gasteiger partial charge in [0, 0.05) is 50.4 Å². The van der Waals surface area contributed by atoms with E-state index in [1.165, 1.54) is 19.2 Å². The summed E-state index contributed by atoms with van der Waals surface area (Å²) < 4.78 is 35.3. The van der Waals surface area contributed by atoms with E-state index < -0.39 is 23.0 Å². The SMILES string of the molecule is CC(=O)NCCC1CCCC2CNC3Cn4cc(C(=O)NCc5ccc(F)cc5F)c(=O)c(OCc5ccccc5)c4C(=O)N3C12. The highest BCUT2D eigenvalue weighted by molar-refractivity contribution is 5.99. The fourth-order valence-corrected chi connectivity index (χ4v) is 7.09. The molecule has 1 aromatic heterocycles. The number of benzene rings is 2. The number of hydrogen-bond donors (Lipinski definition) is 3. The number of carbonyl (C=O) groups is 3. The zero-order valence-corrected chi connectivity index (χ0v) is 25.6. The second-order valence-corrected chi connectivity index (χ2v) is 12.2. The minimum absolute atomic E-state index is 0.00467. The van der Waals surface area contributed by atoms with Gasteiger partial charge in [0.15, 0.2) is 11.4 Å². The van der Waals surface area contributed by atoms with Crippen LogP contribution >= 0.6 is 0 Å². The third-order valence-corrected chi connectivity index (χ3v) is 9.25. The normalized spacial score (nSPS) is 21.9. The average Bonchev–Trinajstić information content (AvgIpc) is 3.04. The van der Waals surface area contributed by atoms with Gasteiger partial charge in [-0.05, 0) is 42.7 Å². The number of amides is 3. The summed E-state index contributed by atoms with van der Waals surface area (Å²) >= 11 is 0. The van der Waals surface area contributed by atoms with Gasteiger partial charge in [-0.3, -0.25) is 24.5 Å². The van der Waals surface area contributed by atoms with Crippen LogP contribution < -0.4 is 26.1 Å². The Morgan fingerprint density at radius 2 is 1.87 bits per heavy atom. The molecule has 1 saturated heterocycles. The van der Waals surface area contributed by atoms with Crippen molar-refractivity contribution in [1.82, 2.24) is 25.4 Å². The monoisotopic (exact) mass is 633 g/mol. The Morgan fingerprint density at radius 1 is 1.07 bits per heavy atom. The summed E-state index contributed by atoms with van der Waals surface area (Å²) in [4.78, 5) is 55.2. The predicted molar refractivity (Wildman–Crippen MR) is 165 cm³/mol. The number of fused-ring (bicyclic) bond motifs is 4. The van der Waals surface area contributed by atoms with Crippen LogP contribution in [0.5, 0.6) is 5.75 Å². The van der Waals surface area contributed by atoms with Crippen LogP contribution in [0.2, 0.25) is 0 Å². The van der Waals surface area contributed by atoms with Gasteiger partial charge in [-0.25, -0.2) is 8.78 Å². The van der Waals surface area contributed by atoms with Gasteiger partial charge in [0.2, 0.25) is 11.3 Å². The van der Waals surface area contributed by atoms with Crippen molar-refractivity contribution >= 4 is 17.7 Å². The number of ether oxygens (including phenoxy) is 1. The summed E-state index contributed by atoms with van der Waals surface area (Å²) in [6, 6.07) is 12.1. The fourth-order valence-electron chi connectivity index (χ4n) is 7.09. The number of halogens is 2. The first-order valence-electron chi connectivity index (χ1n) is 15.7. The largest absolute Gasteiger partial charge is 0.483 e. The maximum Gasteiger partial charge on any atom is 0.276 e. The van der Waals surface area contributed by atoms with Crippen LogP contribution in [-0.4, -0.2) is 52.5 Å². The molecular formula is C34H37F2N5O5. The van der Waals surface area contributed by atoms with Crippen LogP contribution in [-0.2, 0) is 24.5 Å². The van der Waals surface area contributed by atoms with E-state index in [2.05, 4.69) is 16.0 Å². The molecule has 3 heterocycles. The first-order chi connectivity index (χ1) is 22.2. The molecule has 242 valence electrons. The molecule has 2 aliphatic heterocycles. The number of aromatic nitrogens is 1. The van der Waals surface area contributed by atoms with Crippen LogP contribution in [0, 0.1) is 23.5 Å². The van der Waals surface area contributed by atoms with Gasteiger partial charge in [-0.2, -0.15) is 0 Å². The summed E-state index contributed by atoms with van der Waals surface area (Å²) in [5, 5.41) is 8.94. The maximum absolute atomic E-state index is 14.5. The topological polar surface area (TPSA) is 122 Å². The van der Waals surface area contributed by atoms with Crippen molar-refractivity contribution in [3.63, 3.8) is 0 Å². The molecule has 4 unspecified atom stereocenters. The molecule has 0 spiro atoms. The van der Waals surface area contributed by atoms with Gasteiger partial charge >= 0.3 is 0 Å².